The lowest BCUT2D eigenvalue weighted by Crippen LogP contribution is -2.53. The summed E-state index contributed by atoms with van der Waals surface area (Å²) in [5.74, 6) is 0.119. The van der Waals surface area contributed by atoms with Gasteiger partial charge in [-0.15, -0.1) is 0 Å². The molecule has 0 N–H and O–H groups in total. The van der Waals surface area contributed by atoms with Crippen LogP contribution in [0, 0.1) is 20.8 Å². The van der Waals surface area contributed by atoms with E-state index in [2.05, 4.69) is 0 Å². The summed E-state index contributed by atoms with van der Waals surface area (Å²) in [6.45, 7) is 6.92. The number of methoxy groups -OCH3 is 1. The van der Waals surface area contributed by atoms with Crippen molar-refractivity contribution in [2.45, 2.75) is 38.1 Å². The van der Waals surface area contributed by atoms with Crippen molar-refractivity contribution in [2.75, 3.05) is 38.2 Å². The highest BCUT2D eigenvalue weighted by Crippen LogP contribution is 2.30. The van der Waals surface area contributed by atoms with Crippen LogP contribution in [0.15, 0.2) is 41.3 Å². The molecule has 2 fully saturated rings. The summed E-state index contributed by atoms with van der Waals surface area (Å²) >= 11 is 0. The number of aryl methyl sites for hydroxylation is 3. The quantitative estimate of drug-likeness (QED) is 0.622. The van der Waals surface area contributed by atoms with Gasteiger partial charge in [0.1, 0.15) is 5.75 Å². The zero-order chi connectivity index (χ0) is 23.9. The highest BCUT2D eigenvalue weighted by atomic mass is 32.2. The van der Waals surface area contributed by atoms with Crippen LogP contribution in [0.5, 0.6) is 5.75 Å². The van der Waals surface area contributed by atoms with Gasteiger partial charge in [0.15, 0.2) is 0 Å². The second kappa shape index (κ2) is 8.89. The molecular formula is C24H29N3O5S. The lowest BCUT2D eigenvalue weighted by atomic mass is 10.1. The fourth-order valence-corrected chi connectivity index (χ4v) is 6.70. The van der Waals surface area contributed by atoms with Gasteiger partial charge in [0, 0.05) is 26.2 Å². The first-order chi connectivity index (χ1) is 15.6. The van der Waals surface area contributed by atoms with Gasteiger partial charge in [0.05, 0.1) is 30.2 Å². The molecule has 0 bridgehead atoms. The molecule has 33 heavy (non-hydrogen) atoms. The fraction of sp³-hybridized carbons (Fsp3) is 0.417. The summed E-state index contributed by atoms with van der Waals surface area (Å²) in [4.78, 5) is 29.2. The van der Waals surface area contributed by atoms with E-state index >= 15 is 0 Å². The average molecular weight is 472 g/mol. The Morgan fingerprint density at radius 1 is 0.909 bits per heavy atom. The van der Waals surface area contributed by atoms with Crippen molar-refractivity contribution in [2.24, 2.45) is 0 Å². The van der Waals surface area contributed by atoms with Gasteiger partial charge in [-0.1, -0.05) is 17.7 Å². The molecule has 8 nitrogen and oxygen atoms in total. The molecule has 2 aliphatic heterocycles. The zero-order valence-electron chi connectivity index (χ0n) is 19.4. The highest BCUT2D eigenvalue weighted by molar-refractivity contribution is 7.89. The maximum absolute atomic E-state index is 13.3. The molecule has 1 atom stereocenters. The number of anilines is 1. The van der Waals surface area contributed by atoms with E-state index in [9.17, 15) is 18.0 Å². The van der Waals surface area contributed by atoms with Gasteiger partial charge < -0.3 is 4.74 Å². The molecule has 0 unspecified atom stereocenters. The number of carbonyl (C=O) groups excluding carboxylic acids is 2. The summed E-state index contributed by atoms with van der Waals surface area (Å²) < 4.78 is 33.3. The van der Waals surface area contributed by atoms with E-state index in [1.54, 1.807) is 31.4 Å². The van der Waals surface area contributed by atoms with Crippen LogP contribution in [0.2, 0.25) is 0 Å². The molecule has 2 aromatic carbocycles. The number of nitrogens with zero attached hydrogens (tertiary/aromatic N) is 3. The van der Waals surface area contributed by atoms with Crippen molar-refractivity contribution in [3.05, 3.63) is 53.1 Å². The Kier molecular flexibility index (Phi) is 6.30. The first-order valence-corrected chi connectivity index (χ1v) is 12.4. The molecular weight excluding hydrogens is 442 g/mol. The van der Waals surface area contributed by atoms with Crippen LogP contribution in [0.25, 0.3) is 0 Å². The van der Waals surface area contributed by atoms with E-state index in [4.69, 9.17) is 4.74 Å². The van der Waals surface area contributed by atoms with Crippen LogP contribution in [-0.2, 0) is 19.6 Å². The highest BCUT2D eigenvalue weighted by Gasteiger charge is 2.44. The lowest BCUT2D eigenvalue weighted by Gasteiger charge is -2.36. The van der Waals surface area contributed by atoms with Gasteiger partial charge in [-0.2, -0.15) is 4.31 Å². The van der Waals surface area contributed by atoms with E-state index in [1.807, 2.05) is 37.8 Å². The summed E-state index contributed by atoms with van der Waals surface area (Å²) in [7, 11) is -2.09. The van der Waals surface area contributed by atoms with E-state index < -0.39 is 16.1 Å². The van der Waals surface area contributed by atoms with Crippen molar-refractivity contribution in [1.82, 2.24) is 9.21 Å². The number of ether oxygens (including phenoxy) is 1. The number of hydrogen-bond donors (Lipinski definition) is 0. The number of imide groups is 1. The van der Waals surface area contributed by atoms with Crippen molar-refractivity contribution in [1.29, 1.82) is 0 Å². The van der Waals surface area contributed by atoms with Gasteiger partial charge in [-0.25, -0.2) is 13.3 Å². The third-order valence-corrected chi connectivity index (χ3v) is 8.57. The Morgan fingerprint density at radius 2 is 1.48 bits per heavy atom. The molecule has 2 aliphatic rings. The van der Waals surface area contributed by atoms with Crippen LogP contribution in [-0.4, -0.2) is 68.8 Å². The number of amides is 2. The first-order valence-electron chi connectivity index (χ1n) is 11.0. The van der Waals surface area contributed by atoms with Gasteiger partial charge in [-0.05, 0) is 56.2 Å². The minimum Gasteiger partial charge on any atom is -0.497 e. The molecule has 176 valence electrons. The Hall–Kier alpha value is -2.75. The number of sulfonamides is 1. The van der Waals surface area contributed by atoms with Gasteiger partial charge in [-0.3, -0.25) is 14.5 Å². The topological polar surface area (TPSA) is 87.2 Å². The summed E-state index contributed by atoms with van der Waals surface area (Å²) in [5.41, 5.74) is 3.02. The van der Waals surface area contributed by atoms with Gasteiger partial charge in [0.2, 0.25) is 15.9 Å². The minimum atomic E-state index is -3.64. The van der Waals surface area contributed by atoms with Gasteiger partial charge >= 0.3 is 0 Å². The molecule has 0 spiro atoms. The van der Waals surface area contributed by atoms with Crippen molar-refractivity contribution in [3.8, 4) is 5.75 Å². The second-order valence-corrected chi connectivity index (χ2v) is 10.5. The van der Waals surface area contributed by atoms with Gasteiger partial charge in [0.25, 0.3) is 5.91 Å². The molecule has 0 radical (unpaired) electrons. The fourth-order valence-electron chi connectivity index (χ4n) is 4.86. The van der Waals surface area contributed by atoms with Crippen LogP contribution >= 0.6 is 0 Å². The number of carbonyl (C=O) groups is 2. The van der Waals surface area contributed by atoms with E-state index in [1.165, 1.54) is 9.21 Å². The second-order valence-electron chi connectivity index (χ2n) is 8.65. The Balaban J connectivity index is 1.47. The normalized spacial score (nSPS) is 20.5. The summed E-state index contributed by atoms with van der Waals surface area (Å²) in [5, 5.41) is 0. The predicted octanol–water partition coefficient (Wildman–Crippen LogP) is 2.26. The number of hydrogen-bond acceptors (Lipinski definition) is 6. The van der Waals surface area contributed by atoms with Crippen molar-refractivity contribution in [3.63, 3.8) is 0 Å². The average Bonchev–Trinajstić information content (AvgIpc) is 3.07. The van der Waals surface area contributed by atoms with Crippen molar-refractivity contribution < 1.29 is 22.7 Å². The maximum Gasteiger partial charge on any atom is 0.251 e. The SMILES string of the molecule is COc1ccc(N2C(=O)C[C@@H](N3CCN(S(=O)(=O)c4c(C)cc(C)cc4C)CC3)C2=O)cc1. The predicted molar refractivity (Wildman–Crippen MR) is 125 cm³/mol. The Morgan fingerprint density at radius 3 is 2.03 bits per heavy atom. The van der Waals surface area contributed by atoms with Crippen LogP contribution in [0.3, 0.4) is 0 Å². The molecule has 2 amide bonds. The maximum atomic E-state index is 13.3. The number of benzene rings is 2. The van der Waals surface area contributed by atoms with Crippen LogP contribution in [0.1, 0.15) is 23.1 Å². The molecule has 0 aliphatic carbocycles. The van der Waals surface area contributed by atoms with E-state index in [-0.39, 0.29) is 31.3 Å². The van der Waals surface area contributed by atoms with Crippen molar-refractivity contribution >= 4 is 27.5 Å². The number of piperazine rings is 1. The monoisotopic (exact) mass is 471 g/mol. The molecule has 0 aromatic heterocycles. The molecule has 2 heterocycles. The third kappa shape index (κ3) is 4.28. The molecule has 2 saturated heterocycles. The Labute approximate surface area is 194 Å². The smallest absolute Gasteiger partial charge is 0.251 e. The molecule has 2 aromatic rings. The standard InChI is InChI=1S/C24H29N3O5S/c1-16-13-17(2)23(18(3)14-16)33(30,31)26-11-9-25(10-12-26)21-15-22(28)27(24(21)29)19-5-7-20(32-4)8-6-19/h5-8,13-14,21H,9-12,15H2,1-4H3/t21-/m1/s1. The summed E-state index contributed by atoms with van der Waals surface area (Å²) in [6, 6.07) is 9.98. The zero-order valence-corrected chi connectivity index (χ0v) is 20.2. The molecule has 9 heteroatoms. The van der Waals surface area contributed by atoms with Crippen LogP contribution < -0.4 is 9.64 Å². The van der Waals surface area contributed by atoms with E-state index in [0.29, 0.717) is 29.4 Å². The summed E-state index contributed by atoms with van der Waals surface area (Å²) in [6.07, 6.45) is 0.0911. The Bertz CT molecular complexity index is 1160. The largest absolute Gasteiger partial charge is 0.497 e. The first kappa shape index (κ1) is 23.4. The minimum absolute atomic E-state index is 0.0911. The third-order valence-electron chi connectivity index (χ3n) is 6.37. The van der Waals surface area contributed by atoms with Crippen LogP contribution in [0.4, 0.5) is 5.69 Å². The molecule has 4 rings (SSSR count). The number of rotatable bonds is 5. The van der Waals surface area contributed by atoms with E-state index in [0.717, 1.165) is 16.7 Å². The lowest BCUT2D eigenvalue weighted by molar-refractivity contribution is -0.123. The molecule has 0 saturated carbocycles.